The number of halogens is 3. The highest BCUT2D eigenvalue weighted by Crippen LogP contribution is 2.29. The van der Waals surface area contributed by atoms with Crippen LogP contribution in [0.1, 0.15) is 37.3 Å². The third kappa shape index (κ3) is 8.00. The topological polar surface area (TPSA) is 77.0 Å². The number of nitrogens with one attached hydrogen (secondary N) is 1. The number of oxime groups is 1. The summed E-state index contributed by atoms with van der Waals surface area (Å²) in [5.41, 5.74) is 0.106. The molecule has 0 saturated carbocycles. The number of hydrogen-bond acceptors (Lipinski definition) is 5. The quantitative estimate of drug-likeness (QED) is 0.312. The van der Waals surface area contributed by atoms with Crippen LogP contribution in [0, 0.1) is 0 Å². The van der Waals surface area contributed by atoms with Gasteiger partial charge in [0.25, 0.3) is 0 Å². The summed E-state index contributed by atoms with van der Waals surface area (Å²) in [6.07, 6.45) is -3.54. The van der Waals surface area contributed by atoms with Gasteiger partial charge < -0.3 is 14.9 Å². The van der Waals surface area contributed by atoms with E-state index in [0.29, 0.717) is 24.1 Å². The van der Waals surface area contributed by atoms with Gasteiger partial charge in [0, 0.05) is 13.3 Å². The Morgan fingerprint density at radius 2 is 1.81 bits per heavy atom. The first kappa shape index (κ1) is 21.5. The lowest BCUT2D eigenvalue weighted by molar-refractivity contribution is -0.140. The molecule has 0 unspecified atom stereocenters. The number of carbonyl (C=O) groups is 2. The summed E-state index contributed by atoms with van der Waals surface area (Å²) in [5, 5.41) is 6.47. The van der Waals surface area contributed by atoms with Crippen molar-refractivity contribution in [2.45, 2.75) is 32.4 Å². The van der Waals surface area contributed by atoms with E-state index in [-0.39, 0.29) is 31.4 Å². The van der Waals surface area contributed by atoms with Gasteiger partial charge in [0.1, 0.15) is 6.61 Å². The van der Waals surface area contributed by atoms with Crippen molar-refractivity contribution in [1.82, 2.24) is 5.32 Å². The largest absolute Gasteiger partial charge is 0.469 e. The van der Waals surface area contributed by atoms with E-state index in [4.69, 9.17) is 4.84 Å². The van der Waals surface area contributed by atoms with Crippen LogP contribution in [0.4, 0.5) is 13.2 Å². The fraction of sp³-hybridized carbons (Fsp3) is 0.471. The zero-order chi connectivity index (χ0) is 19.6. The van der Waals surface area contributed by atoms with E-state index in [1.807, 2.05) is 0 Å². The lowest BCUT2D eigenvalue weighted by Crippen LogP contribution is -2.23. The molecule has 1 amide bonds. The highest BCUT2D eigenvalue weighted by atomic mass is 19.4. The number of rotatable bonds is 9. The number of ether oxygens (including phenoxy) is 1. The molecule has 0 aromatic heterocycles. The maximum Gasteiger partial charge on any atom is 0.416 e. The first-order chi connectivity index (χ1) is 12.2. The predicted octanol–water partition coefficient (Wildman–Crippen LogP) is 2.91. The van der Waals surface area contributed by atoms with Crippen LogP contribution in [-0.2, 0) is 25.3 Å². The van der Waals surface area contributed by atoms with E-state index in [0.717, 1.165) is 12.1 Å². The normalized spacial score (nSPS) is 11.8. The summed E-state index contributed by atoms with van der Waals surface area (Å²) in [7, 11) is 1.28. The number of amides is 1. The summed E-state index contributed by atoms with van der Waals surface area (Å²) in [6, 6.07) is 4.53. The summed E-state index contributed by atoms with van der Waals surface area (Å²) in [4.78, 5) is 27.1. The van der Waals surface area contributed by atoms with Crippen molar-refractivity contribution in [3.8, 4) is 0 Å². The Bertz CT molecular complexity index is 628. The van der Waals surface area contributed by atoms with Crippen LogP contribution in [0.5, 0.6) is 0 Å². The fourth-order valence-electron chi connectivity index (χ4n) is 1.99. The number of esters is 1. The molecule has 1 rings (SSSR count). The molecule has 6 nitrogen and oxygen atoms in total. The highest BCUT2D eigenvalue weighted by molar-refractivity contribution is 6.00. The van der Waals surface area contributed by atoms with Crippen molar-refractivity contribution in [3.63, 3.8) is 0 Å². The summed E-state index contributed by atoms with van der Waals surface area (Å²) in [6.45, 7) is 1.73. The van der Waals surface area contributed by atoms with Gasteiger partial charge in [-0.1, -0.05) is 17.3 Å². The third-order valence-electron chi connectivity index (χ3n) is 3.31. The molecular formula is C17H21F3N2O4. The maximum atomic E-state index is 12.7. The number of benzene rings is 1. The van der Waals surface area contributed by atoms with Gasteiger partial charge in [-0.15, -0.1) is 0 Å². The number of nitrogens with zero attached hydrogens (tertiary/aromatic N) is 1. The standard InChI is InChI=1S/C17H21F3N2O4/c1-12(23)21-10-11-26-22-15(4-3-5-16(24)25-2)13-6-8-14(9-7-13)17(18,19)20/h6-9H,3-5,10-11H2,1-2H3,(H,21,23)/b22-15+. The van der Waals surface area contributed by atoms with E-state index < -0.39 is 11.7 Å². The molecule has 9 heteroatoms. The molecule has 1 aromatic rings. The molecule has 0 heterocycles. The van der Waals surface area contributed by atoms with Crippen LogP contribution in [0.25, 0.3) is 0 Å². The predicted molar refractivity (Wildman–Crippen MR) is 88.5 cm³/mol. The molecule has 0 aliphatic heterocycles. The smallest absolute Gasteiger partial charge is 0.416 e. The third-order valence-corrected chi connectivity index (χ3v) is 3.31. The molecule has 1 N–H and O–H groups in total. The van der Waals surface area contributed by atoms with Gasteiger partial charge in [-0.25, -0.2) is 0 Å². The van der Waals surface area contributed by atoms with Gasteiger partial charge in [-0.05, 0) is 30.5 Å². The van der Waals surface area contributed by atoms with Crippen molar-refractivity contribution in [2.75, 3.05) is 20.3 Å². The van der Waals surface area contributed by atoms with Crippen molar-refractivity contribution in [2.24, 2.45) is 5.16 Å². The van der Waals surface area contributed by atoms with Gasteiger partial charge in [-0.2, -0.15) is 13.2 Å². The Labute approximate surface area is 149 Å². The minimum absolute atomic E-state index is 0.112. The first-order valence-electron chi connectivity index (χ1n) is 7.91. The minimum Gasteiger partial charge on any atom is -0.469 e. The molecule has 26 heavy (non-hydrogen) atoms. The molecule has 0 bridgehead atoms. The van der Waals surface area contributed by atoms with Crippen molar-refractivity contribution in [3.05, 3.63) is 35.4 Å². The van der Waals surface area contributed by atoms with E-state index in [1.165, 1.54) is 26.2 Å². The van der Waals surface area contributed by atoms with Crippen LogP contribution >= 0.6 is 0 Å². The number of methoxy groups -OCH3 is 1. The Morgan fingerprint density at radius 3 is 2.35 bits per heavy atom. The molecule has 0 aliphatic rings. The lowest BCUT2D eigenvalue weighted by Gasteiger charge is -2.10. The van der Waals surface area contributed by atoms with E-state index >= 15 is 0 Å². The second kappa shape index (κ2) is 10.4. The Balaban J connectivity index is 2.78. The van der Waals surface area contributed by atoms with E-state index in [2.05, 4.69) is 15.2 Å². The van der Waals surface area contributed by atoms with Crippen molar-refractivity contribution >= 4 is 17.6 Å². The van der Waals surface area contributed by atoms with Gasteiger partial charge in [-0.3, -0.25) is 9.59 Å². The molecule has 0 fully saturated rings. The molecule has 0 atom stereocenters. The fourth-order valence-corrected chi connectivity index (χ4v) is 1.99. The molecule has 0 spiro atoms. The first-order valence-corrected chi connectivity index (χ1v) is 7.91. The van der Waals surface area contributed by atoms with Gasteiger partial charge in [0.15, 0.2) is 0 Å². The van der Waals surface area contributed by atoms with Crippen molar-refractivity contribution in [1.29, 1.82) is 0 Å². The molecular weight excluding hydrogens is 353 g/mol. The summed E-state index contributed by atoms with van der Waals surface area (Å²) in [5.74, 6) is -0.595. The van der Waals surface area contributed by atoms with Crippen LogP contribution < -0.4 is 5.32 Å². The van der Waals surface area contributed by atoms with Crippen LogP contribution in [0.3, 0.4) is 0 Å². The second-order valence-corrected chi connectivity index (χ2v) is 5.36. The summed E-state index contributed by atoms with van der Waals surface area (Å²) < 4.78 is 42.5. The SMILES string of the molecule is COC(=O)CCC/C(=N\OCCNC(C)=O)c1ccc(C(F)(F)F)cc1. The molecule has 0 radical (unpaired) electrons. The van der Waals surface area contributed by atoms with Crippen LogP contribution in [-0.4, -0.2) is 37.8 Å². The lowest BCUT2D eigenvalue weighted by atomic mass is 10.0. The van der Waals surface area contributed by atoms with Crippen LogP contribution in [0.2, 0.25) is 0 Å². The molecule has 144 valence electrons. The Hall–Kier alpha value is -2.58. The minimum atomic E-state index is -4.42. The number of hydrogen-bond donors (Lipinski definition) is 1. The van der Waals surface area contributed by atoms with Crippen LogP contribution in [0.15, 0.2) is 29.4 Å². The number of alkyl halides is 3. The second-order valence-electron chi connectivity index (χ2n) is 5.36. The molecule has 1 aromatic carbocycles. The van der Waals surface area contributed by atoms with Gasteiger partial charge >= 0.3 is 12.1 Å². The monoisotopic (exact) mass is 374 g/mol. The van der Waals surface area contributed by atoms with E-state index in [9.17, 15) is 22.8 Å². The average molecular weight is 374 g/mol. The van der Waals surface area contributed by atoms with Gasteiger partial charge in [0.2, 0.25) is 5.91 Å². The van der Waals surface area contributed by atoms with Crippen molar-refractivity contribution < 1.29 is 32.3 Å². The molecule has 0 saturated heterocycles. The Kier molecular flexibility index (Phi) is 8.60. The summed E-state index contributed by atoms with van der Waals surface area (Å²) >= 11 is 0. The average Bonchev–Trinajstić information content (AvgIpc) is 2.58. The molecule has 0 aliphatic carbocycles. The highest BCUT2D eigenvalue weighted by Gasteiger charge is 2.30. The zero-order valence-electron chi connectivity index (χ0n) is 14.6. The number of carbonyl (C=O) groups excluding carboxylic acids is 2. The van der Waals surface area contributed by atoms with Gasteiger partial charge in [0.05, 0.1) is 24.9 Å². The zero-order valence-corrected chi connectivity index (χ0v) is 14.6. The Morgan fingerprint density at radius 1 is 1.15 bits per heavy atom. The maximum absolute atomic E-state index is 12.7. The van der Waals surface area contributed by atoms with E-state index in [1.54, 1.807) is 0 Å².